The van der Waals surface area contributed by atoms with Gasteiger partial charge in [-0.2, -0.15) is 0 Å². The average Bonchev–Trinajstić information content (AvgIpc) is 3.18. The van der Waals surface area contributed by atoms with Gasteiger partial charge in [0.1, 0.15) is 6.54 Å². The van der Waals surface area contributed by atoms with Crippen molar-refractivity contribution in [1.82, 2.24) is 30.1 Å². The van der Waals surface area contributed by atoms with Crippen molar-refractivity contribution in [3.63, 3.8) is 0 Å². The molecule has 4 rings (SSSR count). The summed E-state index contributed by atoms with van der Waals surface area (Å²) in [6, 6.07) is 14.1. The number of benzene rings is 1. The molecule has 0 fully saturated rings. The van der Waals surface area contributed by atoms with E-state index in [1.165, 1.54) is 11.1 Å². The molecule has 150 valence electrons. The molecule has 2 N–H and O–H groups in total. The lowest BCUT2D eigenvalue weighted by Gasteiger charge is -2.29. The Bertz CT molecular complexity index is 1030. The first kappa shape index (κ1) is 18.9. The maximum Gasteiger partial charge on any atom is 0.242 e. The molecule has 2 aromatic heterocycles. The van der Waals surface area contributed by atoms with Gasteiger partial charge in [-0.3, -0.25) is 9.20 Å². The second-order valence-corrected chi connectivity index (χ2v) is 6.93. The van der Waals surface area contributed by atoms with Crippen molar-refractivity contribution in [2.75, 3.05) is 19.6 Å². The van der Waals surface area contributed by atoms with E-state index in [-0.39, 0.29) is 12.5 Å². The summed E-state index contributed by atoms with van der Waals surface area (Å²) >= 11 is 0. The van der Waals surface area contributed by atoms with Gasteiger partial charge in [-0.05, 0) is 36.6 Å². The van der Waals surface area contributed by atoms with Crippen molar-refractivity contribution in [2.24, 2.45) is 4.99 Å². The predicted molar refractivity (Wildman–Crippen MR) is 111 cm³/mol. The highest BCUT2D eigenvalue weighted by Gasteiger charge is 2.20. The Balaban J connectivity index is 1.37. The highest BCUT2D eigenvalue weighted by Crippen LogP contribution is 2.18. The number of aromatic nitrogens is 3. The normalized spacial score (nSPS) is 14.0. The Morgan fingerprint density at radius 3 is 2.79 bits per heavy atom. The molecule has 0 unspecified atom stereocenters. The summed E-state index contributed by atoms with van der Waals surface area (Å²) in [5.74, 6) is 1.40. The van der Waals surface area contributed by atoms with E-state index in [2.05, 4.69) is 44.0 Å². The summed E-state index contributed by atoms with van der Waals surface area (Å²) in [7, 11) is 0. The number of hydrogen-bond donors (Lipinski definition) is 2. The number of guanidine groups is 1. The largest absolute Gasteiger partial charge is 0.357 e. The highest BCUT2D eigenvalue weighted by atomic mass is 16.2. The van der Waals surface area contributed by atoms with Gasteiger partial charge < -0.3 is 15.5 Å². The van der Waals surface area contributed by atoms with Crippen molar-refractivity contribution >= 4 is 17.5 Å². The first-order valence-electron chi connectivity index (χ1n) is 9.90. The first-order valence-corrected chi connectivity index (χ1v) is 9.90. The summed E-state index contributed by atoms with van der Waals surface area (Å²) in [4.78, 5) is 19.1. The second-order valence-electron chi connectivity index (χ2n) is 6.93. The standard InChI is InChI=1S/C21H25N7O/c1-2-22-21(23-13-19-26-25-18-9-5-6-11-28(18)19)24-14-20(29)27-12-10-16-7-3-4-8-17(16)15-27/h3-9,11H,2,10,12-15H2,1H3,(H2,22,23,24). The van der Waals surface area contributed by atoms with Crippen LogP contribution in [0.15, 0.2) is 53.7 Å². The fourth-order valence-electron chi connectivity index (χ4n) is 3.47. The van der Waals surface area contributed by atoms with Gasteiger partial charge in [0.05, 0.1) is 6.54 Å². The molecule has 0 aliphatic carbocycles. The van der Waals surface area contributed by atoms with Gasteiger partial charge in [0.25, 0.3) is 0 Å². The summed E-state index contributed by atoms with van der Waals surface area (Å²) in [6.45, 7) is 4.68. The molecule has 8 nitrogen and oxygen atoms in total. The zero-order valence-corrected chi connectivity index (χ0v) is 16.5. The third kappa shape index (κ3) is 4.37. The number of nitrogens with zero attached hydrogens (tertiary/aromatic N) is 5. The minimum atomic E-state index is 0.0676. The minimum Gasteiger partial charge on any atom is -0.357 e. The van der Waals surface area contributed by atoms with Crippen LogP contribution < -0.4 is 10.6 Å². The third-order valence-electron chi connectivity index (χ3n) is 5.00. The number of aliphatic imine (C=N–C) groups is 1. The molecule has 3 aromatic rings. The van der Waals surface area contributed by atoms with Crippen LogP contribution in [-0.2, 0) is 24.3 Å². The highest BCUT2D eigenvalue weighted by molar-refractivity contribution is 5.86. The lowest BCUT2D eigenvalue weighted by Crippen LogP contribution is -2.46. The lowest BCUT2D eigenvalue weighted by atomic mass is 10.00. The minimum absolute atomic E-state index is 0.0676. The average molecular weight is 391 g/mol. The zero-order valence-electron chi connectivity index (χ0n) is 16.5. The van der Waals surface area contributed by atoms with Gasteiger partial charge in [0.2, 0.25) is 5.91 Å². The van der Waals surface area contributed by atoms with Crippen molar-refractivity contribution in [2.45, 2.75) is 26.4 Å². The maximum absolute atomic E-state index is 12.7. The molecular formula is C21H25N7O. The molecule has 29 heavy (non-hydrogen) atoms. The number of rotatable bonds is 5. The molecule has 0 bridgehead atoms. The summed E-state index contributed by atoms with van der Waals surface area (Å²) in [5, 5.41) is 14.7. The Labute approximate surface area is 169 Å². The molecule has 0 atom stereocenters. The third-order valence-corrected chi connectivity index (χ3v) is 5.00. The van der Waals surface area contributed by atoms with Crippen LogP contribution in [0.1, 0.15) is 23.9 Å². The maximum atomic E-state index is 12.7. The van der Waals surface area contributed by atoms with Crippen molar-refractivity contribution < 1.29 is 4.79 Å². The van der Waals surface area contributed by atoms with Gasteiger partial charge in [0, 0.05) is 25.8 Å². The summed E-state index contributed by atoms with van der Waals surface area (Å²) < 4.78 is 1.91. The number of carbonyl (C=O) groups is 1. The fraction of sp³-hybridized carbons (Fsp3) is 0.333. The quantitative estimate of drug-likeness (QED) is 0.507. The Morgan fingerprint density at radius 2 is 1.93 bits per heavy atom. The van der Waals surface area contributed by atoms with Crippen molar-refractivity contribution in [3.8, 4) is 0 Å². The summed E-state index contributed by atoms with van der Waals surface area (Å²) in [5.41, 5.74) is 3.35. The first-order chi connectivity index (χ1) is 14.2. The molecule has 3 heterocycles. The molecule has 0 spiro atoms. The van der Waals surface area contributed by atoms with Gasteiger partial charge >= 0.3 is 0 Å². The molecule has 0 saturated carbocycles. The predicted octanol–water partition coefficient (Wildman–Crippen LogP) is 1.37. The van der Waals surface area contributed by atoms with Crippen molar-refractivity contribution in [1.29, 1.82) is 0 Å². The van der Waals surface area contributed by atoms with Crippen molar-refractivity contribution in [3.05, 3.63) is 65.6 Å². The van der Waals surface area contributed by atoms with E-state index in [0.29, 0.717) is 25.6 Å². The number of fused-ring (bicyclic) bond motifs is 2. The van der Waals surface area contributed by atoms with E-state index in [1.807, 2.05) is 46.7 Å². The molecule has 1 aliphatic heterocycles. The van der Waals surface area contributed by atoms with Crippen LogP contribution in [-0.4, -0.2) is 51.0 Å². The van der Waals surface area contributed by atoms with Crippen LogP contribution in [0.3, 0.4) is 0 Å². The van der Waals surface area contributed by atoms with Crippen LogP contribution in [0.5, 0.6) is 0 Å². The van der Waals surface area contributed by atoms with E-state index in [4.69, 9.17) is 0 Å². The number of pyridine rings is 1. The SMILES string of the molecule is CCNC(=NCc1nnc2ccccn12)NCC(=O)N1CCc2ccccc2C1. The summed E-state index contributed by atoms with van der Waals surface area (Å²) in [6.07, 6.45) is 2.81. The lowest BCUT2D eigenvalue weighted by molar-refractivity contribution is -0.130. The molecule has 1 amide bonds. The van der Waals surface area contributed by atoms with Crippen LogP contribution >= 0.6 is 0 Å². The van der Waals surface area contributed by atoms with Gasteiger partial charge in [-0.15, -0.1) is 10.2 Å². The smallest absolute Gasteiger partial charge is 0.242 e. The van der Waals surface area contributed by atoms with E-state index < -0.39 is 0 Å². The topological polar surface area (TPSA) is 86.9 Å². The van der Waals surface area contributed by atoms with Gasteiger partial charge in [-0.1, -0.05) is 30.3 Å². The number of hydrogen-bond acceptors (Lipinski definition) is 4. The van der Waals surface area contributed by atoms with Crippen LogP contribution in [0, 0.1) is 0 Å². The molecule has 1 aliphatic rings. The second kappa shape index (κ2) is 8.72. The van der Waals surface area contributed by atoms with Crippen LogP contribution in [0.2, 0.25) is 0 Å². The van der Waals surface area contributed by atoms with Crippen LogP contribution in [0.4, 0.5) is 0 Å². The Kier molecular flexibility index (Phi) is 5.69. The molecule has 0 saturated heterocycles. The Morgan fingerprint density at radius 1 is 1.10 bits per heavy atom. The molecule has 0 radical (unpaired) electrons. The van der Waals surface area contributed by atoms with Gasteiger partial charge in [0.15, 0.2) is 17.4 Å². The van der Waals surface area contributed by atoms with Crippen LogP contribution in [0.25, 0.3) is 5.65 Å². The Hall–Kier alpha value is -3.42. The fourth-order valence-corrected chi connectivity index (χ4v) is 3.47. The molecular weight excluding hydrogens is 366 g/mol. The molecule has 1 aromatic carbocycles. The van der Waals surface area contributed by atoms with E-state index in [0.717, 1.165) is 24.4 Å². The number of nitrogens with one attached hydrogen (secondary N) is 2. The molecule has 8 heteroatoms. The number of amides is 1. The number of carbonyl (C=O) groups excluding carboxylic acids is 1. The van der Waals surface area contributed by atoms with E-state index in [9.17, 15) is 4.79 Å². The zero-order chi connectivity index (χ0) is 20.1. The monoisotopic (exact) mass is 391 g/mol. The van der Waals surface area contributed by atoms with Gasteiger partial charge in [-0.25, -0.2) is 4.99 Å². The van der Waals surface area contributed by atoms with E-state index >= 15 is 0 Å². The van der Waals surface area contributed by atoms with E-state index in [1.54, 1.807) is 0 Å².